The molecule has 0 spiro atoms. The topological polar surface area (TPSA) is 73.1 Å². The first-order valence-electron chi connectivity index (χ1n) is 6.18. The number of rotatable bonds is 5. The molecule has 0 saturated carbocycles. The minimum atomic E-state index is 0.101. The standard InChI is InChI=1S/C13H18N4OS/c1-4-18-12-10(14)5-6-11(17-12)16-9(3)13-15-8(2)7-19-13/h5-7,9H,4,14H2,1-3H3,(H,16,17). The molecule has 2 aromatic heterocycles. The lowest BCUT2D eigenvalue weighted by Crippen LogP contribution is -2.09. The molecular weight excluding hydrogens is 260 g/mol. The summed E-state index contributed by atoms with van der Waals surface area (Å²) in [7, 11) is 0. The van der Waals surface area contributed by atoms with Crippen LogP contribution in [-0.4, -0.2) is 16.6 Å². The summed E-state index contributed by atoms with van der Waals surface area (Å²) in [6, 6.07) is 3.74. The molecule has 19 heavy (non-hydrogen) atoms. The van der Waals surface area contributed by atoms with Crippen molar-refractivity contribution >= 4 is 22.8 Å². The van der Waals surface area contributed by atoms with Gasteiger partial charge in [0.05, 0.1) is 18.3 Å². The minimum absolute atomic E-state index is 0.101. The van der Waals surface area contributed by atoms with Crippen molar-refractivity contribution in [3.63, 3.8) is 0 Å². The second-order valence-corrected chi connectivity index (χ2v) is 5.11. The van der Waals surface area contributed by atoms with Gasteiger partial charge >= 0.3 is 0 Å². The van der Waals surface area contributed by atoms with E-state index in [0.29, 0.717) is 18.2 Å². The third-order valence-electron chi connectivity index (χ3n) is 2.54. The monoisotopic (exact) mass is 278 g/mol. The fraction of sp³-hybridized carbons (Fsp3) is 0.385. The number of anilines is 2. The van der Waals surface area contributed by atoms with Crippen LogP contribution in [0.4, 0.5) is 11.5 Å². The van der Waals surface area contributed by atoms with Crippen LogP contribution < -0.4 is 15.8 Å². The van der Waals surface area contributed by atoms with Crippen LogP contribution in [0.1, 0.15) is 30.6 Å². The maximum absolute atomic E-state index is 5.80. The van der Waals surface area contributed by atoms with Gasteiger partial charge in [0.25, 0.3) is 0 Å². The fourth-order valence-electron chi connectivity index (χ4n) is 1.64. The van der Waals surface area contributed by atoms with Crippen LogP contribution in [0, 0.1) is 6.92 Å². The van der Waals surface area contributed by atoms with Crippen LogP contribution in [0.3, 0.4) is 0 Å². The van der Waals surface area contributed by atoms with Gasteiger partial charge in [-0.2, -0.15) is 4.98 Å². The van der Waals surface area contributed by atoms with E-state index in [1.165, 1.54) is 0 Å². The summed E-state index contributed by atoms with van der Waals surface area (Å²) in [6.45, 7) is 6.49. The number of hydrogen-bond acceptors (Lipinski definition) is 6. The summed E-state index contributed by atoms with van der Waals surface area (Å²) in [4.78, 5) is 8.81. The maximum atomic E-state index is 5.80. The normalized spacial score (nSPS) is 12.2. The second-order valence-electron chi connectivity index (χ2n) is 4.22. The number of aromatic nitrogens is 2. The fourth-order valence-corrected chi connectivity index (χ4v) is 2.44. The largest absolute Gasteiger partial charge is 0.476 e. The van der Waals surface area contributed by atoms with Crippen molar-refractivity contribution in [1.82, 2.24) is 9.97 Å². The molecule has 0 radical (unpaired) electrons. The maximum Gasteiger partial charge on any atom is 0.239 e. The molecule has 0 aromatic carbocycles. The molecule has 102 valence electrons. The zero-order chi connectivity index (χ0) is 13.8. The van der Waals surface area contributed by atoms with Crippen LogP contribution >= 0.6 is 11.3 Å². The first-order chi connectivity index (χ1) is 9.10. The predicted octanol–water partition coefficient (Wildman–Crippen LogP) is 3.00. The number of nitrogen functional groups attached to an aromatic ring is 1. The van der Waals surface area contributed by atoms with E-state index in [0.717, 1.165) is 16.5 Å². The van der Waals surface area contributed by atoms with Crippen molar-refractivity contribution in [3.8, 4) is 5.88 Å². The van der Waals surface area contributed by atoms with Gasteiger partial charge in [-0.1, -0.05) is 0 Å². The molecule has 3 N–H and O–H groups in total. The number of ether oxygens (including phenoxy) is 1. The zero-order valence-corrected chi connectivity index (χ0v) is 12.1. The molecule has 0 fully saturated rings. The molecule has 0 saturated heterocycles. The highest BCUT2D eigenvalue weighted by molar-refractivity contribution is 7.09. The molecular formula is C13H18N4OS. The average Bonchev–Trinajstić information content (AvgIpc) is 2.80. The molecule has 2 heterocycles. The Morgan fingerprint density at radius 1 is 1.42 bits per heavy atom. The Kier molecular flexibility index (Phi) is 4.21. The highest BCUT2D eigenvalue weighted by Crippen LogP contribution is 2.25. The van der Waals surface area contributed by atoms with Gasteiger partial charge in [0.1, 0.15) is 10.8 Å². The molecule has 6 heteroatoms. The number of aryl methyl sites for hydroxylation is 1. The van der Waals surface area contributed by atoms with Crippen molar-refractivity contribution in [3.05, 3.63) is 28.2 Å². The highest BCUT2D eigenvalue weighted by Gasteiger charge is 2.11. The summed E-state index contributed by atoms with van der Waals surface area (Å²) >= 11 is 1.64. The van der Waals surface area contributed by atoms with E-state index in [-0.39, 0.29) is 6.04 Å². The number of pyridine rings is 1. The van der Waals surface area contributed by atoms with Crippen LogP contribution in [0.2, 0.25) is 0 Å². The van der Waals surface area contributed by atoms with E-state index in [2.05, 4.69) is 22.2 Å². The third kappa shape index (κ3) is 3.35. The number of nitrogens with zero attached hydrogens (tertiary/aromatic N) is 2. The van der Waals surface area contributed by atoms with Crippen molar-refractivity contribution in [1.29, 1.82) is 0 Å². The van der Waals surface area contributed by atoms with Gasteiger partial charge in [0.2, 0.25) is 5.88 Å². The van der Waals surface area contributed by atoms with E-state index in [9.17, 15) is 0 Å². The molecule has 0 aliphatic carbocycles. The Balaban J connectivity index is 2.12. The van der Waals surface area contributed by atoms with Gasteiger partial charge in [0, 0.05) is 11.1 Å². The summed E-state index contributed by atoms with van der Waals surface area (Å²) in [6.07, 6.45) is 0. The number of hydrogen-bond donors (Lipinski definition) is 2. The Morgan fingerprint density at radius 2 is 2.21 bits per heavy atom. The number of thiazole rings is 1. The van der Waals surface area contributed by atoms with E-state index in [1.54, 1.807) is 17.4 Å². The molecule has 0 aliphatic rings. The molecule has 1 atom stereocenters. The van der Waals surface area contributed by atoms with Crippen LogP contribution in [0.15, 0.2) is 17.5 Å². The van der Waals surface area contributed by atoms with E-state index in [1.807, 2.05) is 25.3 Å². The Labute approximate surface area is 116 Å². The van der Waals surface area contributed by atoms with Crippen LogP contribution in [-0.2, 0) is 0 Å². The first-order valence-corrected chi connectivity index (χ1v) is 7.06. The first kappa shape index (κ1) is 13.6. The van der Waals surface area contributed by atoms with Gasteiger partial charge in [-0.15, -0.1) is 11.3 Å². The third-order valence-corrected chi connectivity index (χ3v) is 3.69. The molecule has 2 aromatic rings. The lowest BCUT2D eigenvalue weighted by atomic mass is 10.3. The number of nitrogens with one attached hydrogen (secondary N) is 1. The zero-order valence-electron chi connectivity index (χ0n) is 11.3. The van der Waals surface area contributed by atoms with E-state index < -0.39 is 0 Å². The predicted molar refractivity (Wildman–Crippen MR) is 78.7 cm³/mol. The van der Waals surface area contributed by atoms with Crippen molar-refractivity contribution in [2.45, 2.75) is 26.8 Å². The molecule has 1 unspecified atom stereocenters. The Hall–Kier alpha value is -1.82. The number of nitrogens with two attached hydrogens (primary N) is 1. The van der Waals surface area contributed by atoms with E-state index in [4.69, 9.17) is 10.5 Å². The molecule has 5 nitrogen and oxygen atoms in total. The summed E-state index contributed by atoms with van der Waals surface area (Å²) < 4.78 is 5.38. The van der Waals surface area contributed by atoms with Crippen LogP contribution in [0.5, 0.6) is 5.88 Å². The average molecular weight is 278 g/mol. The van der Waals surface area contributed by atoms with Crippen molar-refractivity contribution < 1.29 is 4.74 Å². The Morgan fingerprint density at radius 3 is 2.84 bits per heavy atom. The summed E-state index contributed by atoms with van der Waals surface area (Å²) in [5.74, 6) is 1.20. The quantitative estimate of drug-likeness (QED) is 0.879. The summed E-state index contributed by atoms with van der Waals surface area (Å²) in [5, 5.41) is 6.37. The van der Waals surface area contributed by atoms with Crippen molar-refractivity contribution in [2.24, 2.45) is 0 Å². The van der Waals surface area contributed by atoms with Gasteiger partial charge < -0.3 is 15.8 Å². The molecule has 2 rings (SSSR count). The molecule has 0 amide bonds. The van der Waals surface area contributed by atoms with Crippen LogP contribution in [0.25, 0.3) is 0 Å². The molecule has 0 bridgehead atoms. The Bertz CT molecular complexity index is 555. The summed E-state index contributed by atoms with van der Waals surface area (Å²) in [5.41, 5.74) is 7.38. The van der Waals surface area contributed by atoms with E-state index >= 15 is 0 Å². The smallest absolute Gasteiger partial charge is 0.239 e. The lowest BCUT2D eigenvalue weighted by molar-refractivity contribution is 0.329. The van der Waals surface area contributed by atoms with Crippen molar-refractivity contribution in [2.75, 3.05) is 17.7 Å². The second kappa shape index (κ2) is 5.88. The van der Waals surface area contributed by atoms with Gasteiger partial charge in [-0.3, -0.25) is 0 Å². The lowest BCUT2D eigenvalue weighted by Gasteiger charge is -2.13. The molecule has 0 aliphatic heterocycles. The SMILES string of the molecule is CCOc1nc(NC(C)c2nc(C)cs2)ccc1N. The highest BCUT2D eigenvalue weighted by atomic mass is 32.1. The van der Waals surface area contributed by atoms with Gasteiger partial charge in [-0.05, 0) is 32.9 Å². The van der Waals surface area contributed by atoms with Gasteiger partial charge in [0.15, 0.2) is 0 Å². The van der Waals surface area contributed by atoms with Gasteiger partial charge in [-0.25, -0.2) is 4.98 Å². The minimum Gasteiger partial charge on any atom is -0.476 e.